The highest BCUT2D eigenvalue weighted by Gasteiger charge is 2.31. The number of nitro groups is 1. The Labute approximate surface area is 197 Å². The fourth-order valence-corrected chi connectivity index (χ4v) is 2.90. The Kier molecular flexibility index (Phi) is 9.02. The summed E-state index contributed by atoms with van der Waals surface area (Å²) >= 11 is 5.87. The van der Waals surface area contributed by atoms with E-state index in [-0.39, 0.29) is 35.3 Å². The summed E-state index contributed by atoms with van der Waals surface area (Å²) in [7, 11) is 0. The lowest BCUT2D eigenvalue weighted by Gasteiger charge is -2.12. The van der Waals surface area contributed by atoms with Gasteiger partial charge < -0.3 is 14.2 Å². The van der Waals surface area contributed by atoms with Gasteiger partial charge >= 0.3 is 18.1 Å². The molecule has 0 amide bonds. The van der Waals surface area contributed by atoms with Crippen molar-refractivity contribution in [1.82, 2.24) is 0 Å². The third kappa shape index (κ3) is 7.20. The quantitative estimate of drug-likeness (QED) is 0.127. The Balaban J connectivity index is 2.37. The highest BCUT2D eigenvalue weighted by atomic mass is 35.5. The second-order valence-electron chi connectivity index (χ2n) is 6.68. The van der Waals surface area contributed by atoms with E-state index in [1.54, 1.807) is 13.8 Å². The average molecular weight is 502 g/mol. The minimum Gasteiger partial charge on any atom is -0.463 e. The molecule has 2 aromatic rings. The first kappa shape index (κ1) is 26.7. The van der Waals surface area contributed by atoms with Crippen molar-refractivity contribution in [3.05, 3.63) is 74.5 Å². The lowest BCUT2D eigenvalue weighted by Crippen LogP contribution is -2.10. The monoisotopic (exact) mass is 501 g/mol. The molecule has 0 N–H and O–H groups in total. The van der Waals surface area contributed by atoms with E-state index < -0.39 is 39.9 Å². The van der Waals surface area contributed by atoms with Gasteiger partial charge in [-0.15, -0.1) is 0 Å². The van der Waals surface area contributed by atoms with Gasteiger partial charge in [-0.2, -0.15) is 13.2 Å². The van der Waals surface area contributed by atoms with Crippen LogP contribution < -0.4 is 4.74 Å². The molecule has 8 nitrogen and oxygen atoms in total. The number of nitrogens with zero attached hydrogens (tertiary/aromatic N) is 1. The molecule has 2 aromatic carbocycles. The predicted molar refractivity (Wildman–Crippen MR) is 115 cm³/mol. The second-order valence-corrected chi connectivity index (χ2v) is 7.09. The van der Waals surface area contributed by atoms with Gasteiger partial charge in [0.25, 0.3) is 5.69 Å². The molecule has 0 fully saturated rings. The van der Waals surface area contributed by atoms with Crippen LogP contribution in [0.2, 0.25) is 5.02 Å². The van der Waals surface area contributed by atoms with E-state index in [1.807, 2.05) is 0 Å². The van der Waals surface area contributed by atoms with Crippen LogP contribution in [0.5, 0.6) is 11.5 Å². The molecule has 0 spiro atoms. The number of carbonyl (C=O) groups excluding carboxylic acids is 2. The van der Waals surface area contributed by atoms with Gasteiger partial charge in [0.05, 0.1) is 28.2 Å². The highest BCUT2D eigenvalue weighted by molar-refractivity contribution is 6.32. The Hall–Kier alpha value is -3.60. The summed E-state index contributed by atoms with van der Waals surface area (Å²) in [6, 6.07) is 5.49. The zero-order chi connectivity index (χ0) is 25.5. The Morgan fingerprint density at radius 2 is 1.85 bits per heavy atom. The van der Waals surface area contributed by atoms with Crippen molar-refractivity contribution in [1.29, 1.82) is 0 Å². The van der Waals surface area contributed by atoms with Gasteiger partial charge in [0.2, 0.25) is 0 Å². The number of allylic oxidation sites excluding steroid dienone is 1. The fourth-order valence-electron chi connectivity index (χ4n) is 2.68. The summed E-state index contributed by atoms with van der Waals surface area (Å²) < 4.78 is 53.9. The van der Waals surface area contributed by atoms with Crippen molar-refractivity contribution in [3.8, 4) is 11.5 Å². The third-order valence-electron chi connectivity index (χ3n) is 4.16. The molecule has 34 heavy (non-hydrogen) atoms. The highest BCUT2D eigenvalue weighted by Crippen LogP contribution is 2.37. The van der Waals surface area contributed by atoms with Gasteiger partial charge in [-0.05, 0) is 37.6 Å². The number of nitro benzene ring substituents is 1. The van der Waals surface area contributed by atoms with Crippen LogP contribution in [-0.4, -0.2) is 23.5 Å². The number of carbonyl (C=O) groups is 2. The van der Waals surface area contributed by atoms with E-state index in [2.05, 4.69) is 0 Å². The Bertz CT molecular complexity index is 1120. The van der Waals surface area contributed by atoms with Gasteiger partial charge in [-0.1, -0.05) is 18.5 Å². The van der Waals surface area contributed by atoms with Crippen LogP contribution in [0.4, 0.5) is 18.9 Å². The van der Waals surface area contributed by atoms with Crippen molar-refractivity contribution in [2.45, 2.75) is 32.9 Å². The number of ether oxygens (including phenoxy) is 3. The summed E-state index contributed by atoms with van der Waals surface area (Å²) in [6.07, 6.45) is -2.97. The fraction of sp³-hybridized carbons (Fsp3) is 0.273. The van der Waals surface area contributed by atoms with Crippen LogP contribution in [0.3, 0.4) is 0 Å². The maximum atomic E-state index is 12.8. The minimum absolute atomic E-state index is 0.0580. The van der Waals surface area contributed by atoms with Crippen molar-refractivity contribution in [2.75, 3.05) is 6.61 Å². The van der Waals surface area contributed by atoms with Crippen LogP contribution in [0.25, 0.3) is 0 Å². The molecule has 0 bridgehead atoms. The Morgan fingerprint density at radius 3 is 2.41 bits per heavy atom. The van der Waals surface area contributed by atoms with Gasteiger partial charge in [0.1, 0.15) is 22.8 Å². The summed E-state index contributed by atoms with van der Waals surface area (Å²) in [6.45, 7) is 3.45. The molecular formula is C22H19ClF3NO7. The number of halogens is 4. The second kappa shape index (κ2) is 11.5. The molecule has 0 saturated carbocycles. The van der Waals surface area contributed by atoms with Crippen molar-refractivity contribution >= 4 is 29.2 Å². The molecule has 0 aliphatic rings. The van der Waals surface area contributed by atoms with E-state index in [9.17, 15) is 32.9 Å². The van der Waals surface area contributed by atoms with Crippen molar-refractivity contribution in [3.63, 3.8) is 0 Å². The van der Waals surface area contributed by atoms with Gasteiger partial charge in [-0.3, -0.25) is 10.1 Å². The molecule has 0 aromatic heterocycles. The molecule has 0 unspecified atom stereocenters. The molecule has 0 saturated heterocycles. The zero-order valence-electron chi connectivity index (χ0n) is 18.0. The minimum atomic E-state index is -4.61. The molecule has 0 radical (unpaired) electrons. The zero-order valence-corrected chi connectivity index (χ0v) is 18.7. The topological polar surface area (TPSA) is 105 Å². The Morgan fingerprint density at radius 1 is 1.15 bits per heavy atom. The maximum absolute atomic E-state index is 12.8. The molecule has 0 atom stereocenters. The van der Waals surface area contributed by atoms with E-state index in [0.29, 0.717) is 12.5 Å². The molecule has 12 heteroatoms. The lowest BCUT2D eigenvalue weighted by atomic mass is 10.1. The van der Waals surface area contributed by atoms with Crippen LogP contribution >= 0.6 is 11.6 Å². The number of benzene rings is 2. The predicted octanol–water partition coefficient (Wildman–Crippen LogP) is 6.46. The van der Waals surface area contributed by atoms with Crippen LogP contribution in [0.15, 0.2) is 48.2 Å². The SMILES string of the molecule is CCC/C(=C\C(=O)OCC)OC(=O)c1cc(Oc2ccc(C(F)(F)F)cc2Cl)ccc1[N+](=O)[O-]. The van der Waals surface area contributed by atoms with E-state index >= 15 is 0 Å². The number of hydrogen-bond acceptors (Lipinski definition) is 7. The number of hydrogen-bond donors (Lipinski definition) is 0. The van der Waals surface area contributed by atoms with Gasteiger partial charge in [0, 0.05) is 18.6 Å². The normalized spacial score (nSPS) is 11.6. The first-order valence-electron chi connectivity index (χ1n) is 9.88. The average Bonchev–Trinajstić information content (AvgIpc) is 2.74. The molecular weight excluding hydrogens is 483 g/mol. The van der Waals surface area contributed by atoms with Gasteiger partial charge in [-0.25, -0.2) is 9.59 Å². The maximum Gasteiger partial charge on any atom is 0.416 e. The standard InChI is InChI=1S/C22H19ClF3NO7/c1-3-5-14(12-20(28)32-4-2)34-21(29)16-11-15(7-8-18(16)27(30)31)33-19-9-6-13(10-17(19)23)22(24,25)26/h6-12H,3-5H2,1-2H3/b14-12+. The van der Waals surface area contributed by atoms with E-state index in [1.165, 1.54) is 0 Å². The third-order valence-corrected chi connectivity index (χ3v) is 4.45. The first-order chi connectivity index (χ1) is 16.0. The summed E-state index contributed by atoms with van der Waals surface area (Å²) in [5.41, 5.74) is -2.10. The van der Waals surface area contributed by atoms with E-state index in [4.69, 9.17) is 25.8 Å². The molecule has 0 aliphatic carbocycles. The summed E-state index contributed by atoms with van der Waals surface area (Å²) in [4.78, 5) is 35.0. The van der Waals surface area contributed by atoms with Crippen LogP contribution in [0, 0.1) is 10.1 Å². The molecule has 0 aliphatic heterocycles. The van der Waals surface area contributed by atoms with Crippen molar-refractivity contribution in [2.24, 2.45) is 0 Å². The molecule has 182 valence electrons. The van der Waals surface area contributed by atoms with Crippen LogP contribution in [0.1, 0.15) is 42.6 Å². The summed E-state index contributed by atoms with van der Waals surface area (Å²) in [5.74, 6) is -2.23. The first-order valence-corrected chi connectivity index (χ1v) is 10.3. The molecule has 2 rings (SSSR count). The smallest absolute Gasteiger partial charge is 0.416 e. The number of rotatable bonds is 9. The van der Waals surface area contributed by atoms with Crippen LogP contribution in [-0.2, 0) is 20.4 Å². The lowest BCUT2D eigenvalue weighted by molar-refractivity contribution is -0.385. The van der Waals surface area contributed by atoms with Crippen molar-refractivity contribution < 1.29 is 41.9 Å². The summed E-state index contributed by atoms with van der Waals surface area (Å²) in [5, 5.41) is 11.0. The van der Waals surface area contributed by atoms with Gasteiger partial charge in [0.15, 0.2) is 0 Å². The largest absolute Gasteiger partial charge is 0.463 e. The number of alkyl halides is 3. The molecule has 0 heterocycles. The van der Waals surface area contributed by atoms with E-state index in [0.717, 1.165) is 36.4 Å². The number of esters is 2.